The van der Waals surface area contributed by atoms with Crippen LogP contribution >= 0.6 is 15.9 Å². The largest absolute Gasteiger partial charge is 0.494 e. The van der Waals surface area contributed by atoms with E-state index in [-0.39, 0.29) is 5.91 Å². The third kappa shape index (κ3) is 6.06. The average molecular weight is 338 g/mol. The maximum atomic E-state index is 12.0. The molecule has 0 bridgehead atoms. The molecule has 0 aliphatic rings. The van der Waals surface area contributed by atoms with Crippen LogP contribution in [0.25, 0.3) is 0 Å². The van der Waals surface area contributed by atoms with Gasteiger partial charge in [-0.15, -0.1) is 13.2 Å². The Morgan fingerprint density at radius 1 is 1.30 bits per heavy atom. The topological polar surface area (TPSA) is 29.5 Å². The van der Waals surface area contributed by atoms with E-state index >= 15 is 0 Å². The standard InChI is InChI=1S/C16H20BrNO2/c1-3-10-18(11-4-2)16(19)9-6-12-20-15-8-5-7-14(17)13-15/h3-5,7-8,13H,1-2,6,9-12H2. The van der Waals surface area contributed by atoms with Crippen LogP contribution in [0.2, 0.25) is 0 Å². The van der Waals surface area contributed by atoms with Crippen molar-refractivity contribution in [3.8, 4) is 5.75 Å². The number of ether oxygens (including phenoxy) is 1. The molecule has 0 aliphatic carbocycles. The van der Waals surface area contributed by atoms with Crippen LogP contribution in [-0.4, -0.2) is 30.5 Å². The summed E-state index contributed by atoms with van der Waals surface area (Å²) in [6.45, 7) is 8.94. The van der Waals surface area contributed by atoms with Gasteiger partial charge in [-0.3, -0.25) is 4.79 Å². The first-order chi connectivity index (χ1) is 9.67. The van der Waals surface area contributed by atoms with Gasteiger partial charge in [-0.25, -0.2) is 0 Å². The van der Waals surface area contributed by atoms with E-state index < -0.39 is 0 Å². The Morgan fingerprint density at radius 3 is 2.60 bits per heavy atom. The molecule has 3 nitrogen and oxygen atoms in total. The van der Waals surface area contributed by atoms with Gasteiger partial charge in [0, 0.05) is 24.0 Å². The second kappa shape index (κ2) is 9.37. The highest BCUT2D eigenvalue weighted by Gasteiger charge is 2.09. The normalized spacial score (nSPS) is 9.85. The minimum atomic E-state index is 0.0997. The fourth-order valence-corrected chi connectivity index (χ4v) is 2.10. The molecule has 1 rings (SSSR count). The van der Waals surface area contributed by atoms with Crippen molar-refractivity contribution in [1.29, 1.82) is 0 Å². The molecule has 0 unspecified atom stereocenters. The maximum Gasteiger partial charge on any atom is 0.223 e. The molecule has 0 N–H and O–H groups in total. The van der Waals surface area contributed by atoms with Gasteiger partial charge in [0.25, 0.3) is 0 Å². The van der Waals surface area contributed by atoms with Gasteiger partial charge in [0.15, 0.2) is 0 Å². The Kier molecular flexibility index (Phi) is 7.73. The summed E-state index contributed by atoms with van der Waals surface area (Å²) in [5, 5.41) is 0. The molecule has 0 atom stereocenters. The van der Waals surface area contributed by atoms with Crippen molar-refractivity contribution in [1.82, 2.24) is 4.90 Å². The van der Waals surface area contributed by atoms with Gasteiger partial charge >= 0.3 is 0 Å². The monoisotopic (exact) mass is 337 g/mol. The number of carbonyl (C=O) groups is 1. The average Bonchev–Trinajstić information content (AvgIpc) is 2.43. The lowest BCUT2D eigenvalue weighted by Gasteiger charge is -2.19. The van der Waals surface area contributed by atoms with E-state index in [2.05, 4.69) is 29.1 Å². The fourth-order valence-electron chi connectivity index (χ4n) is 1.72. The molecule has 20 heavy (non-hydrogen) atoms. The molecule has 1 aromatic carbocycles. The van der Waals surface area contributed by atoms with Gasteiger partial charge in [0.2, 0.25) is 5.91 Å². The second-order valence-corrected chi connectivity index (χ2v) is 5.20. The van der Waals surface area contributed by atoms with E-state index in [1.807, 2.05) is 24.3 Å². The summed E-state index contributed by atoms with van der Waals surface area (Å²) < 4.78 is 6.58. The van der Waals surface area contributed by atoms with Crippen molar-refractivity contribution in [3.63, 3.8) is 0 Å². The lowest BCUT2D eigenvalue weighted by molar-refractivity contribution is -0.130. The summed E-state index contributed by atoms with van der Waals surface area (Å²) in [5.74, 6) is 0.906. The van der Waals surface area contributed by atoms with Gasteiger partial charge in [-0.1, -0.05) is 34.1 Å². The molecule has 0 aromatic heterocycles. The highest BCUT2D eigenvalue weighted by atomic mass is 79.9. The molecular weight excluding hydrogens is 318 g/mol. The minimum Gasteiger partial charge on any atom is -0.494 e. The van der Waals surface area contributed by atoms with Crippen LogP contribution in [0.15, 0.2) is 54.0 Å². The van der Waals surface area contributed by atoms with Crippen LogP contribution in [0.4, 0.5) is 0 Å². The third-order valence-electron chi connectivity index (χ3n) is 2.65. The van der Waals surface area contributed by atoms with E-state index in [1.165, 1.54) is 0 Å². The molecule has 0 heterocycles. The molecule has 0 saturated carbocycles. The van der Waals surface area contributed by atoms with Gasteiger partial charge in [-0.05, 0) is 24.6 Å². The number of nitrogens with zero attached hydrogens (tertiary/aromatic N) is 1. The van der Waals surface area contributed by atoms with Gasteiger partial charge in [-0.2, -0.15) is 0 Å². The summed E-state index contributed by atoms with van der Waals surface area (Å²) >= 11 is 3.39. The molecule has 1 amide bonds. The molecule has 1 aromatic rings. The molecule has 0 spiro atoms. The summed E-state index contributed by atoms with van der Waals surface area (Å²) in [6, 6.07) is 7.66. The first kappa shape index (κ1) is 16.5. The fraction of sp³-hybridized carbons (Fsp3) is 0.312. The smallest absolute Gasteiger partial charge is 0.223 e. The third-order valence-corrected chi connectivity index (χ3v) is 3.14. The quantitative estimate of drug-likeness (QED) is 0.506. The number of amides is 1. The Balaban J connectivity index is 2.30. The predicted molar refractivity (Wildman–Crippen MR) is 85.8 cm³/mol. The van der Waals surface area contributed by atoms with Crippen molar-refractivity contribution in [2.24, 2.45) is 0 Å². The van der Waals surface area contributed by atoms with Crippen molar-refractivity contribution in [2.45, 2.75) is 12.8 Å². The minimum absolute atomic E-state index is 0.0997. The summed E-state index contributed by atoms with van der Waals surface area (Å²) in [5.41, 5.74) is 0. The molecule has 108 valence electrons. The highest BCUT2D eigenvalue weighted by Crippen LogP contribution is 2.17. The zero-order valence-electron chi connectivity index (χ0n) is 11.6. The molecule has 0 radical (unpaired) electrons. The number of hydrogen-bond acceptors (Lipinski definition) is 2. The van der Waals surface area contributed by atoms with E-state index in [1.54, 1.807) is 17.1 Å². The maximum absolute atomic E-state index is 12.0. The zero-order chi connectivity index (χ0) is 14.8. The highest BCUT2D eigenvalue weighted by molar-refractivity contribution is 9.10. The predicted octanol–water partition coefficient (Wildman–Crippen LogP) is 3.81. The van der Waals surface area contributed by atoms with Crippen LogP contribution in [0, 0.1) is 0 Å². The van der Waals surface area contributed by atoms with E-state index in [0.717, 1.165) is 10.2 Å². The molecular formula is C16H20BrNO2. The second-order valence-electron chi connectivity index (χ2n) is 4.29. The molecule has 0 saturated heterocycles. The van der Waals surface area contributed by atoms with Gasteiger partial charge in [0.05, 0.1) is 6.61 Å². The van der Waals surface area contributed by atoms with Crippen LogP contribution in [0.3, 0.4) is 0 Å². The first-order valence-electron chi connectivity index (χ1n) is 6.55. The van der Waals surface area contributed by atoms with Crippen LogP contribution in [0.5, 0.6) is 5.75 Å². The van der Waals surface area contributed by atoms with Crippen LogP contribution < -0.4 is 4.74 Å². The number of benzene rings is 1. The number of hydrogen-bond donors (Lipinski definition) is 0. The van der Waals surface area contributed by atoms with E-state index in [9.17, 15) is 4.79 Å². The van der Waals surface area contributed by atoms with Crippen molar-refractivity contribution < 1.29 is 9.53 Å². The van der Waals surface area contributed by atoms with E-state index in [4.69, 9.17) is 4.74 Å². The molecule has 0 aliphatic heterocycles. The number of carbonyl (C=O) groups excluding carboxylic acids is 1. The number of halogens is 1. The first-order valence-corrected chi connectivity index (χ1v) is 7.34. The zero-order valence-corrected chi connectivity index (χ0v) is 13.1. The van der Waals surface area contributed by atoms with Crippen molar-refractivity contribution in [3.05, 3.63) is 54.0 Å². The summed E-state index contributed by atoms with van der Waals surface area (Å²) in [7, 11) is 0. The Bertz CT molecular complexity index is 450. The lowest BCUT2D eigenvalue weighted by Crippen LogP contribution is -2.31. The SMILES string of the molecule is C=CCN(CC=C)C(=O)CCCOc1cccc(Br)c1. The van der Waals surface area contributed by atoms with Crippen LogP contribution in [-0.2, 0) is 4.79 Å². The number of rotatable bonds is 9. The van der Waals surface area contributed by atoms with Crippen molar-refractivity contribution >= 4 is 21.8 Å². The Morgan fingerprint density at radius 2 is 2.00 bits per heavy atom. The molecule has 0 fully saturated rings. The van der Waals surface area contributed by atoms with Crippen molar-refractivity contribution in [2.75, 3.05) is 19.7 Å². The summed E-state index contributed by atoms with van der Waals surface area (Å²) in [4.78, 5) is 13.7. The lowest BCUT2D eigenvalue weighted by atomic mass is 10.2. The molecule has 4 heteroatoms. The van der Waals surface area contributed by atoms with Crippen LogP contribution in [0.1, 0.15) is 12.8 Å². The van der Waals surface area contributed by atoms with Gasteiger partial charge in [0.1, 0.15) is 5.75 Å². The van der Waals surface area contributed by atoms with E-state index in [0.29, 0.717) is 32.5 Å². The van der Waals surface area contributed by atoms with Gasteiger partial charge < -0.3 is 9.64 Å². The Hall–Kier alpha value is -1.55. The summed E-state index contributed by atoms with van der Waals surface area (Å²) in [6.07, 6.45) is 4.60. The Labute approximate surface area is 129 Å².